The molecular weight excluding hydrogens is 240 g/mol. The van der Waals surface area contributed by atoms with E-state index in [1.807, 2.05) is 5.32 Å². The van der Waals surface area contributed by atoms with E-state index in [2.05, 4.69) is 0 Å². The number of rotatable bonds is 2. The third-order valence-electron chi connectivity index (χ3n) is 2.78. The van der Waals surface area contributed by atoms with Crippen molar-refractivity contribution in [1.82, 2.24) is 10.2 Å². The van der Waals surface area contributed by atoms with E-state index in [1.165, 1.54) is 6.92 Å². The summed E-state index contributed by atoms with van der Waals surface area (Å²) >= 11 is 0. The van der Waals surface area contributed by atoms with E-state index in [1.54, 1.807) is 20.8 Å². The van der Waals surface area contributed by atoms with Gasteiger partial charge in [0.2, 0.25) is 11.8 Å². The minimum Gasteiger partial charge on any atom is -0.481 e. The van der Waals surface area contributed by atoms with E-state index >= 15 is 0 Å². The lowest BCUT2D eigenvalue weighted by molar-refractivity contribution is -0.159. The van der Waals surface area contributed by atoms with Gasteiger partial charge in [-0.15, -0.1) is 0 Å². The summed E-state index contributed by atoms with van der Waals surface area (Å²) < 4.78 is 0. The minimum atomic E-state index is -1.76. The Morgan fingerprint density at radius 3 is 2.22 bits per heavy atom. The Balaban J connectivity index is 3.22. The summed E-state index contributed by atoms with van der Waals surface area (Å²) in [5, 5.41) is 10.8. The van der Waals surface area contributed by atoms with Gasteiger partial charge in [0.15, 0.2) is 0 Å². The van der Waals surface area contributed by atoms with Crippen LogP contribution in [-0.4, -0.2) is 39.4 Å². The molecule has 0 aromatic rings. The van der Waals surface area contributed by atoms with Gasteiger partial charge in [-0.3, -0.25) is 24.6 Å². The number of hydrogen-bond donors (Lipinski definition) is 2. The van der Waals surface area contributed by atoms with E-state index in [0.29, 0.717) is 0 Å². The fourth-order valence-electron chi connectivity index (χ4n) is 1.79. The van der Waals surface area contributed by atoms with Crippen molar-refractivity contribution < 1.29 is 24.3 Å². The summed E-state index contributed by atoms with van der Waals surface area (Å²) in [5.74, 6) is -2.93. The van der Waals surface area contributed by atoms with Crippen LogP contribution in [-0.2, 0) is 14.4 Å². The molecule has 1 heterocycles. The number of imide groups is 2. The van der Waals surface area contributed by atoms with E-state index in [-0.39, 0.29) is 0 Å². The Bertz CT molecular complexity index is 437. The number of carboxylic acids is 1. The first-order chi connectivity index (χ1) is 8.00. The van der Waals surface area contributed by atoms with Gasteiger partial charge in [0, 0.05) is 5.54 Å². The number of barbiturate groups is 1. The predicted octanol–water partition coefficient (Wildman–Crippen LogP) is 0.344. The highest BCUT2D eigenvalue weighted by Gasteiger charge is 2.54. The number of nitrogens with zero attached hydrogens (tertiary/aromatic N) is 1. The van der Waals surface area contributed by atoms with Gasteiger partial charge in [0.1, 0.15) is 5.41 Å². The summed E-state index contributed by atoms with van der Waals surface area (Å²) in [6.07, 6.45) is -0.655. The molecule has 0 radical (unpaired) electrons. The van der Waals surface area contributed by atoms with Crippen molar-refractivity contribution in [2.45, 2.75) is 39.7 Å². The normalized spacial score (nSPS) is 25.1. The van der Waals surface area contributed by atoms with Crippen LogP contribution in [0, 0.1) is 5.41 Å². The number of aliphatic carboxylic acids is 1. The molecule has 18 heavy (non-hydrogen) atoms. The lowest BCUT2D eigenvalue weighted by Crippen LogP contribution is -2.67. The van der Waals surface area contributed by atoms with Gasteiger partial charge in [-0.05, 0) is 27.7 Å². The molecule has 1 atom stereocenters. The maximum absolute atomic E-state index is 12.2. The molecule has 1 fully saturated rings. The first-order valence-corrected chi connectivity index (χ1v) is 5.42. The van der Waals surface area contributed by atoms with Crippen LogP contribution in [0.4, 0.5) is 4.79 Å². The fraction of sp³-hybridized carbons (Fsp3) is 0.636. The van der Waals surface area contributed by atoms with Gasteiger partial charge in [-0.25, -0.2) is 4.79 Å². The van der Waals surface area contributed by atoms with Gasteiger partial charge in [-0.2, -0.15) is 0 Å². The molecule has 0 saturated carbocycles. The molecule has 100 valence electrons. The number of urea groups is 1. The van der Waals surface area contributed by atoms with Gasteiger partial charge >= 0.3 is 12.0 Å². The van der Waals surface area contributed by atoms with Crippen molar-refractivity contribution in [1.29, 1.82) is 0 Å². The Hall–Kier alpha value is -1.92. The van der Waals surface area contributed by atoms with Crippen LogP contribution in [0.2, 0.25) is 0 Å². The molecule has 1 saturated heterocycles. The second-order valence-corrected chi connectivity index (χ2v) is 5.47. The van der Waals surface area contributed by atoms with Crippen molar-refractivity contribution in [3.05, 3.63) is 0 Å². The maximum atomic E-state index is 12.2. The monoisotopic (exact) mass is 256 g/mol. The Kier molecular flexibility index (Phi) is 3.20. The third-order valence-corrected chi connectivity index (χ3v) is 2.78. The van der Waals surface area contributed by atoms with Crippen LogP contribution < -0.4 is 5.32 Å². The highest BCUT2D eigenvalue weighted by atomic mass is 16.4. The molecule has 4 amide bonds. The van der Waals surface area contributed by atoms with E-state index in [0.717, 1.165) is 4.90 Å². The average Bonchev–Trinajstić information content (AvgIpc) is 2.11. The predicted molar refractivity (Wildman–Crippen MR) is 60.5 cm³/mol. The SMILES string of the molecule is CC1(CC(=O)O)C(=O)NC(=O)N(C(C)(C)C)C1=O. The van der Waals surface area contributed by atoms with Crippen molar-refractivity contribution in [2.75, 3.05) is 0 Å². The van der Waals surface area contributed by atoms with Crippen LogP contribution in [0.3, 0.4) is 0 Å². The number of nitrogens with one attached hydrogen (secondary N) is 1. The highest BCUT2D eigenvalue weighted by Crippen LogP contribution is 2.32. The Morgan fingerprint density at radius 2 is 1.83 bits per heavy atom. The molecule has 0 aromatic carbocycles. The standard InChI is InChI=1S/C11H16N2O5/c1-10(2,3)13-8(17)11(4,5-6(14)15)7(16)12-9(13)18/h5H2,1-4H3,(H,14,15)(H,12,16,18). The Morgan fingerprint density at radius 1 is 1.33 bits per heavy atom. The number of amides is 4. The smallest absolute Gasteiger partial charge is 0.331 e. The molecule has 0 bridgehead atoms. The first kappa shape index (κ1) is 14.1. The largest absolute Gasteiger partial charge is 0.481 e. The van der Waals surface area contributed by atoms with Crippen LogP contribution in [0.1, 0.15) is 34.1 Å². The lowest BCUT2D eigenvalue weighted by atomic mass is 9.81. The number of carbonyl (C=O) groups excluding carboxylic acids is 3. The molecule has 2 N–H and O–H groups in total. The van der Waals surface area contributed by atoms with Crippen LogP contribution in [0.25, 0.3) is 0 Å². The molecule has 7 nitrogen and oxygen atoms in total. The molecule has 1 rings (SSSR count). The van der Waals surface area contributed by atoms with Gasteiger partial charge in [0.05, 0.1) is 6.42 Å². The quantitative estimate of drug-likeness (QED) is 0.693. The van der Waals surface area contributed by atoms with Gasteiger partial charge in [0.25, 0.3) is 0 Å². The van der Waals surface area contributed by atoms with Gasteiger partial charge < -0.3 is 5.11 Å². The van der Waals surface area contributed by atoms with Crippen molar-refractivity contribution in [2.24, 2.45) is 5.41 Å². The first-order valence-electron chi connectivity index (χ1n) is 5.42. The van der Waals surface area contributed by atoms with E-state index in [9.17, 15) is 19.2 Å². The summed E-state index contributed by atoms with van der Waals surface area (Å²) in [6, 6.07) is -0.819. The molecule has 0 aromatic heterocycles. The summed E-state index contributed by atoms with van der Waals surface area (Å²) in [5.41, 5.74) is -2.59. The zero-order chi connectivity index (χ0) is 14.3. The molecule has 0 aliphatic carbocycles. The molecule has 1 unspecified atom stereocenters. The summed E-state index contributed by atoms with van der Waals surface area (Å²) in [6.45, 7) is 6.11. The highest BCUT2D eigenvalue weighted by molar-refractivity contribution is 6.20. The zero-order valence-corrected chi connectivity index (χ0v) is 10.7. The zero-order valence-electron chi connectivity index (χ0n) is 10.7. The average molecular weight is 256 g/mol. The molecule has 1 aliphatic rings. The molecule has 7 heteroatoms. The van der Waals surface area contributed by atoms with Crippen LogP contribution in [0.5, 0.6) is 0 Å². The molecule has 1 aliphatic heterocycles. The van der Waals surface area contributed by atoms with Crippen molar-refractivity contribution in [3.63, 3.8) is 0 Å². The summed E-state index contributed by atoms with van der Waals surface area (Å²) in [7, 11) is 0. The lowest BCUT2D eigenvalue weighted by Gasteiger charge is -2.42. The number of carbonyl (C=O) groups is 4. The maximum Gasteiger partial charge on any atom is 0.331 e. The number of carboxylic acid groups (broad SMARTS) is 1. The van der Waals surface area contributed by atoms with Gasteiger partial charge in [-0.1, -0.05) is 0 Å². The van der Waals surface area contributed by atoms with Crippen molar-refractivity contribution in [3.8, 4) is 0 Å². The fourth-order valence-corrected chi connectivity index (χ4v) is 1.79. The van der Waals surface area contributed by atoms with E-state index < -0.39 is 41.2 Å². The second-order valence-electron chi connectivity index (χ2n) is 5.47. The third kappa shape index (κ3) is 2.20. The van der Waals surface area contributed by atoms with Crippen LogP contribution >= 0.6 is 0 Å². The van der Waals surface area contributed by atoms with E-state index in [4.69, 9.17) is 5.11 Å². The summed E-state index contributed by atoms with van der Waals surface area (Å²) in [4.78, 5) is 47.2. The molecule has 0 spiro atoms. The van der Waals surface area contributed by atoms with Crippen molar-refractivity contribution >= 4 is 23.8 Å². The second kappa shape index (κ2) is 4.08. The molecular formula is C11H16N2O5. The Labute approximate surface area is 104 Å². The topological polar surface area (TPSA) is 104 Å². The van der Waals surface area contributed by atoms with Crippen LogP contribution in [0.15, 0.2) is 0 Å². The minimum absolute atomic E-state index is 0.655. The number of hydrogen-bond acceptors (Lipinski definition) is 4.